The number of benzene rings is 2. The van der Waals surface area contributed by atoms with E-state index in [4.69, 9.17) is 9.47 Å². The molecule has 156 valence electrons. The van der Waals surface area contributed by atoms with Crippen molar-refractivity contribution in [3.8, 4) is 11.5 Å². The van der Waals surface area contributed by atoms with Gasteiger partial charge in [-0.2, -0.15) is 0 Å². The molecule has 2 aromatic rings. The van der Waals surface area contributed by atoms with Gasteiger partial charge in [0.2, 0.25) is 0 Å². The first-order valence-corrected chi connectivity index (χ1v) is 10.2. The molecule has 30 heavy (non-hydrogen) atoms. The van der Waals surface area contributed by atoms with E-state index in [2.05, 4.69) is 0 Å². The van der Waals surface area contributed by atoms with Crippen LogP contribution < -0.4 is 4.74 Å². The summed E-state index contributed by atoms with van der Waals surface area (Å²) in [5, 5.41) is 0. The molecule has 0 bridgehead atoms. The maximum Gasteiger partial charge on any atom is 0.340 e. The number of esters is 1. The zero-order chi connectivity index (χ0) is 21.7. The first-order chi connectivity index (χ1) is 14.4. The third-order valence-electron chi connectivity index (χ3n) is 4.69. The van der Waals surface area contributed by atoms with Crippen LogP contribution in [0.3, 0.4) is 0 Å². The quantitative estimate of drug-likeness (QED) is 0.469. The van der Waals surface area contributed by atoms with Crippen molar-refractivity contribution in [1.82, 2.24) is 4.90 Å². The molecular weight excluding hydrogens is 378 g/mol. The number of ether oxygens (including phenoxy) is 2. The van der Waals surface area contributed by atoms with E-state index in [1.165, 1.54) is 0 Å². The van der Waals surface area contributed by atoms with Gasteiger partial charge in [-0.15, -0.1) is 0 Å². The van der Waals surface area contributed by atoms with Crippen molar-refractivity contribution in [3.63, 3.8) is 0 Å². The highest BCUT2D eigenvalue weighted by atomic mass is 16.5. The maximum absolute atomic E-state index is 13.1. The minimum atomic E-state index is -0.474. The Balaban J connectivity index is 1.96. The second-order valence-electron chi connectivity index (χ2n) is 7.54. The predicted octanol–water partition coefficient (Wildman–Crippen LogP) is 5.20. The number of carbonyl (C=O) groups excluding carboxylic acids is 2. The van der Waals surface area contributed by atoms with Gasteiger partial charge >= 0.3 is 5.97 Å². The topological polar surface area (TPSA) is 55.8 Å². The minimum Gasteiger partial charge on any atom is -0.462 e. The average molecular weight is 405 g/mol. The molecule has 3 rings (SSSR count). The van der Waals surface area contributed by atoms with Gasteiger partial charge in [0.05, 0.1) is 17.8 Å². The lowest BCUT2D eigenvalue weighted by Crippen LogP contribution is -2.28. The van der Waals surface area contributed by atoms with Crippen molar-refractivity contribution in [2.24, 2.45) is 5.92 Å². The van der Waals surface area contributed by atoms with E-state index in [1.807, 2.05) is 68.4 Å². The summed E-state index contributed by atoms with van der Waals surface area (Å²) in [4.78, 5) is 27.4. The van der Waals surface area contributed by atoms with Crippen LogP contribution in [0, 0.1) is 5.92 Å². The van der Waals surface area contributed by atoms with Crippen LogP contribution >= 0.6 is 0 Å². The van der Waals surface area contributed by atoms with Crippen LogP contribution in [-0.4, -0.2) is 29.9 Å². The molecule has 1 aliphatic heterocycles. The molecule has 0 radical (unpaired) electrons. The Labute approximate surface area is 177 Å². The Kier molecular flexibility index (Phi) is 6.72. The normalized spacial score (nSPS) is 15.3. The lowest BCUT2D eigenvalue weighted by atomic mass is 10.0. The number of carbonyl (C=O) groups is 2. The lowest BCUT2D eigenvalue weighted by Gasteiger charge is -2.19. The Morgan fingerprint density at radius 3 is 2.43 bits per heavy atom. The Morgan fingerprint density at radius 2 is 1.77 bits per heavy atom. The maximum atomic E-state index is 13.1. The molecule has 1 amide bonds. The first kappa shape index (κ1) is 21.4. The third kappa shape index (κ3) is 4.79. The summed E-state index contributed by atoms with van der Waals surface area (Å²) in [5.74, 6) is 0.995. The van der Waals surface area contributed by atoms with Crippen molar-refractivity contribution in [3.05, 3.63) is 77.0 Å². The summed E-state index contributed by atoms with van der Waals surface area (Å²) in [6.45, 7) is 8.42. The predicted molar refractivity (Wildman–Crippen MR) is 117 cm³/mol. The van der Waals surface area contributed by atoms with Gasteiger partial charge < -0.3 is 14.4 Å². The molecule has 0 spiro atoms. The second kappa shape index (κ2) is 9.44. The van der Waals surface area contributed by atoms with Gasteiger partial charge in [0, 0.05) is 12.2 Å². The van der Waals surface area contributed by atoms with Crippen molar-refractivity contribution < 1.29 is 19.1 Å². The summed E-state index contributed by atoms with van der Waals surface area (Å²) in [7, 11) is 0. The lowest BCUT2D eigenvalue weighted by molar-refractivity contribution is -0.138. The van der Waals surface area contributed by atoms with E-state index >= 15 is 0 Å². The van der Waals surface area contributed by atoms with Crippen LogP contribution in [0.1, 0.15) is 33.3 Å². The van der Waals surface area contributed by atoms with Gasteiger partial charge in [0.1, 0.15) is 11.5 Å². The number of allylic oxidation sites excluding steroid dienone is 1. The first-order valence-electron chi connectivity index (χ1n) is 10.2. The van der Waals surface area contributed by atoms with Gasteiger partial charge in [-0.25, -0.2) is 4.79 Å². The van der Waals surface area contributed by atoms with Crippen LogP contribution in [0.4, 0.5) is 0 Å². The number of rotatable bonds is 7. The number of hydrogen-bond acceptors (Lipinski definition) is 4. The molecule has 0 fully saturated rings. The number of para-hydroxylation sites is 1. The van der Waals surface area contributed by atoms with Crippen molar-refractivity contribution in [2.75, 3.05) is 13.2 Å². The smallest absolute Gasteiger partial charge is 0.340 e. The molecule has 0 N–H and O–H groups in total. The minimum absolute atomic E-state index is 0.182. The zero-order valence-electron chi connectivity index (χ0n) is 17.8. The fourth-order valence-corrected chi connectivity index (χ4v) is 3.37. The summed E-state index contributed by atoms with van der Waals surface area (Å²) >= 11 is 0. The number of hydrogen-bond donors (Lipinski definition) is 0. The van der Waals surface area contributed by atoms with E-state index in [1.54, 1.807) is 24.8 Å². The molecule has 5 heteroatoms. The zero-order valence-corrected chi connectivity index (χ0v) is 17.8. The summed E-state index contributed by atoms with van der Waals surface area (Å²) in [6, 6.07) is 16.9. The SMILES string of the molecule is CCOC(=O)C1=C(C)N(CC(C)C)C(=O)/C1=C\c1cccc(Oc2ccccc2)c1. The molecule has 1 aliphatic rings. The highest BCUT2D eigenvalue weighted by Gasteiger charge is 2.37. The Bertz CT molecular complexity index is 989. The Morgan fingerprint density at radius 1 is 1.07 bits per heavy atom. The van der Waals surface area contributed by atoms with Crippen LogP contribution in [0.5, 0.6) is 11.5 Å². The van der Waals surface area contributed by atoms with Crippen LogP contribution in [0.15, 0.2) is 71.4 Å². The molecule has 0 aliphatic carbocycles. The molecule has 1 heterocycles. The van der Waals surface area contributed by atoms with Crippen molar-refractivity contribution in [1.29, 1.82) is 0 Å². The molecule has 2 aromatic carbocycles. The molecular formula is C25H27NO4. The third-order valence-corrected chi connectivity index (χ3v) is 4.69. The Hall–Kier alpha value is -3.34. The van der Waals surface area contributed by atoms with E-state index < -0.39 is 5.97 Å². The molecule has 0 atom stereocenters. The summed E-state index contributed by atoms with van der Waals surface area (Å²) in [6.07, 6.45) is 1.73. The number of amides is 1. The van der Waals surface area contributed by atoms with Crippen molar-refractivity contribution >= 4 is 18.0 Å². The van der Waals surface area contributed by atoms with Crippen LogP contribution in [0.25, 0.3) is 6.08 Å². The number of nitrogens with zero attached hydrogens (tertiary/aromatic N) is 1. The fourth-order valence-electron chi connectivity index (χ4n) is 3.37. The van der Waals surface area contributed by atoms with Gasteiger partial charge in [-0.3, -0.25) is 4.79 Å². The molecule has 0 saturated heterocycles. The van der Waals surface area contributed by atoms with E-state index in [0.29, 0.717) is 29.1 Å². The van der Waals surface area contributed by atoms with Crippen molar-refractivity contribution in [2.45, 2.75) is 27.7 Å². The highest BCUT2D eigenvalue weighted by molar-refractivity contribution is 6.16. The van der Waals surface area contributed by atoms with Crippen LogP contribution in [0.2, 0.25) is 0 Å². The molecule has 0 aromatic heterocycles. The fraction of sp³-hybridized carbons (Fsp3) is 0.280. The second-order valence-corrected chi connectivity index (χ2v) is 7.54. The largest absolute Gasteiger partial charge is 0.462 e. The van der Waals surface area contributed by atoms with E-state index in [9.17, 15) is 9.59 Å². The molecule has 0 unspecified atom stereocenters. The standard InChI is InChI=1S/C25H27NO4/c1-5-29-25(28)23-18(4)26(16-17(2)3)24(27)22(23)15-19-10-9-13-21(14-19)30-20-11-7-6-8-12-20/h6-15,17H,5,16H2,1-4H3/b22-15-. The summed E-state index contributed by atoms with van der Waals surface area (Å²) in [5.41, 5.74) is 2.09. The highest BCUT2D eigenvalue weighted by Crippen LogP contribution is 2.33. The van der Waals surface area contributed by atoms with E-state index in [-0.39, 0.29) is 18.4 Å². The monoisotopic (exact) mass is 405 g/mol. The molecule has 0 saturated carbocycles. The van der Waals surface area contributed by atoms with Gasteiger partial charge in [0.25, 0.3) is 5.91 Å². The van der Waals surface area contributed by atoms with Gasteiger partial charge in [0.15, 0.2) is 0 Å². The summed E-state index contributed by atoms with van der Waals surface area (Å²) < 4.78 is 11.1. The van der Waals surface area contributed by atoms with Gasteiger partial charge in [-0.05, 0) is 55.7 Å². The van der Waals surface area contributed by atoms with E-state index in [0.717, 1.165) is 11.3 Å². The average Bonchev–Trinajstić information content (AvgIpc) is 2.93. The molecule has 5 nitrogen and oxygen atoms in total. The van der Waals surface area contributed by atoms with Crippen LogP contribution in [-0.2, 0) is 14.3 Å². The van der Waals surface area contributed by atoms with Gasteiger partial charge in [-0.1, -0.05) is 44.2 Å².